The van der Waals surface area contributed by atoms with Gasteiger partial charge in [0.25, 0.3) is 0 Å². The molecule has 8 heteroatoms. The van der Waals surface area contributed by atoms with Gasteiger partial charge in [-0.25, -0.2) is 4.79 Å². The average Bonchev–Trinajstić information content (AvgIpc) is 2.82. The fraction of sp³-hybridized carbons (Fsp3) is 0.500. The number of rotatable bonds is 7. The van der Waals surface area contributed by atoms with Gasteiger partial charge in [-0.1, -0.05) is 49.4 Å². The van der Waals surface area contributed by atoms with E-state index in [2.05, 4.69) is 5.32 Å². The highest BCUT2D eigenvalue weighted by Gasteiger charge is 2.57. The summed E-state index contributed by atoms with van der Waals surface area (Å²) in [7, 11) is 0. The number of nitrogens with one attached hydrogen (secondary N) is 1. The molecule has 0 radical (unpaired) electrons. The predicted molar refractivity (Wildman–Crippen MR) is 124 cm³/mol. The molecule has 3 heterocycles. The van der Waals surface area contributed by atoms with Crippen molar-refractivity contribution in [2.24, 2.45) is 5.41 Å². The molecule has 3 aliphatic heterocycles. The van der Waals surface area contributed by atoms with Crippen molar-refractivity contribution in [2.45, 2.75) is 58.0 Å². The predicted octanol–water partition coefficient (Wildman–Crippen LogP) is 3.93. The molecule has 2 bridgehead atoms. The minimum atomic E-state index is -1.62. The lowest BCUT2D eigenvalue weighted by atomic mass is 9.90. The normalized spacial score (nSPS) is 25.9. The highest BCUT2D eigenvalue weighted by molar-refractivity contribution is 5.68. The molecular formula is C26H33NO7. The molecule has 1 amide bonds. The van der Waals surface area contributed by atoms with E-state index >= 15 is 0 Å². The summed E-state index contributed by atoms with van der Waals surface area (Å²) in [4.78, 5) is 12.7. The van der Waals surface area contributed by atoms with Crippen molar-refractivity contribution >= 4 is 6.09 Å². The van der Waals surface area contributed by atoms with Crippen LogP contribution >= 0.6 is 0 Å². The molecule has 2 N–H and O–H groups in total. The van der Waals surface area contributed by atoms with Crippen LogP contribution in [0.2, 0.25) is 0 Å². The van der Waals surface area contributed by atoms with Gasteiger partial charge in [-0.05, 0) is 44.0 Å². The van der Waals surface area contributed by atoms with Crippen molar-refractivity contribution in [1.82, 2.24) is 5.32 Å². The van der Waals surface area contributed by atoms with Crippen molar-refractivity contribution in [3.63, 3.8) is 0 Å². The zero-order valence-corrected chi connectivity index (χ0v) is 20.1. The Hall–Kier alpha value is -2.65. The average molecular weight is 472 g/mol. The first-order valence-electron chi connectivity index (χ1n) is 11.4. The second kappa shape index (κ2) is 9.54. The van der Waals surface area contributed by atoms with E-state index in [4.69, 9.17) is 23.7 Å². The quantitative estimate of drug-likeness (QED) is 0.632. The second-order valence-electron chi connectivity index (χ2n) is 10.2. The number of carbonyl (C=O) groups is 1. The Morgan fingerprint density at radius 2 is 1.62 bits per heavy atom. The summed E-state index contributed by atoms with van der Waals surface area (Å²) in [5.74, 6) is -0.952. The van der Waals surface area contributed by atoms with Crippen LogP contribution in [0.5, 0.6) is 5.75 Å². The van der Waals surface area contributed by atoms with Gasteiger partial charge in [-0.15, -0.1) is 0 Å². The summed E-state index contributed by atoms with van der Waals surface area (Å²) in [6, 6.07) is 15.3. The van der Waals surface area contributed by atoms with Crippen LogP contribution in [0, 0.1) is 5.41 Å². The van der Waals surface area contributed by atoms with Crippen LogP contribution in [0.15, 0.2) is 54.6 Å². The maximum absolute atomic E-state index is 12.7. The molecule has 34 heavy (non-hydrogen) atoms. The molecule has 0 aromatic heterocycles. The zero-order valence-electron chi connectivity index (χ0n) is 20.1. The minimum absolute atomic E-state index is 0.0853. The zero-order chi connectivity index (χ0) is 24.4. The third kappa shape index (κ3) is 5.70. The Labute approximate surface area is 200 Å². The number of amides is 1. The topological polar surface area (TPSA) is 95.5 Å². The Balaban J connectivity index is 1.52. The van der Waals surface area contributed by atoms with Gasteiger partial charge >= 0.3 is 12.1 Å². The van der Waals surface area contributed by atoms with Crippen molar-refractivity contribution < 1.29 is 33.6 Å². The Morgan fingerprint density at radius 3 is 2.18 bits per heavy atom. The lowest BCUT2D eigenvalue weighted by Crippen LogP contribution is -2.68. The molecule has 0 unspecified atom stereocenters. The summed E-state index contributed by atoms with van der Waals surface area (Å²) < 4.78 is 29.0. The largest absolute Gasteiger partial charge is 0.488 e. The van der Waals surface area contributed by atoms with Crippen molar-refractivity contribution in [2.75, 3.05) is 19.8 Å². The van der Waals surface area contributed by atoms with Gasteiger partial charge in [0.15, 0.2) is 0 Å². The summed E-state index contributed by atoms with van der Waals surface area (Å²) in [6.45, 7) is 9.12. The summed E-state index contributed by atoms with van der Waals surface area (Å²) >= 11 is 0. The molecule has 0 spiro atoms. The third-order valence-electron chi connectivity index (χ3n) is 5.69. The van der Waals surface area contributed by atoms with Gasteiger partial charge in [0.05, 0.1) is 19.8 Å². The van der Waals surface area contributed by atoms with Gasteiger partial charge < -0.3 is 34.1 Å². The highest BCUT2D eigenvalue weighted by Crippen LogP contribution is 2.42. The van der Waals surface area contributed by atoms with Crippen LogP contribution in [0.25, 0.3) is 0 Å². The smallest absolute Gasteiger partial charge is 0.408 e. The van der Waals surface area contributed by atoms with Crippen LogP contribution in [0.3, 0.4) is 0 Å². The highest BCUT2D eigenvalue weighted by atomic mass is 16.9. The third-order valence-corrected chi connectivity index (χ3v) is 5.69. The Bertz CT molecular complexity index is 946. The maximum Gasteiger partial charge on any atom is 0.408 e. The van der Waals surface area contributed by atoms with E-state index in [0.29, 0.717) is 31.1 Å². The fourth-order valence-electron chi connectivity index (χ4n) is 3.88. The van der Waals surface area contributed by atoms with E-state index in [1.54, 1.807) is 24.3 Å². The molecule has 184 valence electrons. The van der Waals surface area contributed by atoms with Crippen LogP contribution in [-0.2, 0) is 25.6 Å². The molecule has 2 aromatic carbocycles. The molecule has 0 aliphatic carbocycles. The van der Waals surface area contributed by atoms with Gasteiger partial charge in [-0.2, -0.15) is 0 Å². The maximum atomic E-state index is 12.7. The van der Waals surface area contributed by atoms with Crippen LogP contribution in [-0.4, -0.2) is 48.6 Å². The number of hydrogen-bond acceptors (Lipinski definition) is 7. The number of benzene rings is 2. The molecule has 2 aromatic rings. The first-order valence-corrected chi connectivity index (χ1v) is 11.4. The van der Waals surface area contributed by atoms with Crippen molar-refractivity contribution in [1.29, 1.82) is 0 Å². The molecule has 3 aliphatic rings. The standard InChI is InChI=1S/C26H33NO7/c1-24(2,3)34-20-12-10-19(11-13-20)21(28)22(26-31-15-25(4,16-32-26)17-33-26)27-23(29)30-14-18-8-6-5-7-9-18/h5-13,21-22,28H,14-17H2,1-4H3,(H,27,29)/t21-,22+,25?,26?/m1/s1. The number of aliphatic hydroxyl groups is 1. The Kier molecular flexibility index (Phi) is 6.87. The number of carbonyl (C=O) groups excluding carboxylic acids is 1. The number of alkyl carbamates (subject to hydrolysis) is 1. The molecule has 0 saturated carbocycles. The molecule has 3 saturated heterocycles. The van der Waals surface area contributed by atoms with Crippen LogP contribution in [0.1, 0.15) is 44.9 Å². The van der Waals surface area contributed by atoms with Crippen LogP contribution in [0.4, 0.5) is 4.79 Å². The van der Waals surface area contributed by atoms with E-state index in [9.17, 15) is 9.90 Å². The second-order valence-corrected chi connectivity index (χ2v) is 10.2. The van der Waals surface area contributed by atoms with Gasteiger partial charge in [0.1, 0.15) is 30.1 Å². The molecular weight excluding hydrogens is 438 g/mol. The molecule has 5 rings (SSSR count). The lowest BCUT2D eigenvalue weighted by molar-refractivity contribution is -0.478. The fourth-order valence-corrected chi connectivity index (χ4v) is 3.88. The number of hydrogen-bond donors (Lipinski definition) is 2. The summed E-state index contributed by atoms with van der Waals surface area (Å²) in [5, 5.41) is 14.0. The van der Waals surface area contributed by atoms with Gasteiger partial charge in [0, 0.05) is 5.41 Å². The summed E-state index contributed by atoms with van der Waals surface area (Å²) in [5.41, 5.74) is 0.769. The van der Waals surface area contributed by atoms with E-state index in [0.717, 1.165) is 5.56 Å². The number of aliphatic hydroxyl groups excluding tert-OH is 1. The van der Waals surface area contributed by atoms with Crippen molar-refractivity contribution in [3.8, 4) is 5.75 Å². The first-order chi connectivity index (χ1) is 16.1. The lowest BCUT2D eigenvalue weighted by Gasteiger charge is -2.53. The van der Waals surface area contributed by atoms with E-state index in [-0.39, 0.29) is 17.6 Å². The van der Waals surface area contributed by atoms with Crippen molar-refractivity contribution in [3.05, 3.63) is 65.7 Å². The van der Waals surface area contributed by atoms with Gasteiger partial charge in [-0.3, -0.25) is 0 Å². The molecule has 2 atom stereocenters. The van der Waals surface area contributed by atoms with Crippen LogP contribution < -0.4 is 10.1 Å². The van der Waals surface area contributed by atoms with E-state index in [1.807, 2.05) is 58.0 Å². The Morgan fingerprint density at radius 1 is 1.03 bits per heavy atom. The summed E-state index contributed by atoms with van der Waals surface area (Å²) in [6.07, 6.45) is -1.92. The van der Waals surface area contributed by atoms with E-state index in [1.165, 1.54) is 0 Å². The van der Waals surface area contributed by atoms with Gasteiger partial charge in [0.2, 0.25) is 0 Å². The SMILES string of the molecule is CC12COC([C@@H](NC(=O)OCc3ccccc3)[C@H](O)c3ccc(OC(C)(C)C)cc3)(OC1)OC2. The minimum Gasteiger partial charge on any atom is -0.488 e. The number of fused-ring (bicyclic) bond motifs is 3. The van der Waals surface area contributed by atoms with E-state index < -0.39 is 24.2 Å². The number of ether oxygens (including phenoxy) is 5. The monoisotopic (exact) mass is 471 g/mol. The molecule has 8 nitrogen and oxygen atoms in total. The molecule has 3 fully saturated rings. The first kappa shape index (κ1) is 24.5.